The first-order chi connectivity index (χ1) is 5.90. The number of hydrogen-bond acceptors (Lipinski definition) is 3. The number of hydrogen-bond donors (Lipinski definition) is 1. The Balaban J connectivity index is 0.000000845. The van der Waals surface area contributed by atoms with Gasteiger partial charge in [-0.3, -0.25) is 0 Å². The molecule has 0 aliphatic rings. The fourth-order valence-corrected chi connectivity index (χ4v) is 1.88. The maximum Gasteiger partial charge on any atom is 0.342 e. The van der Waals surface area contributed by atoms with E-state index in [2.05, 4.69) is 17.2 Å². The third-order valence-corrected chi connectivity index (χ3v) is 2.45. The molecule has 0 radical (unpaired) electrons. The highest BCUT2D eigenvalue weighted by Crippen LogP contribution is 2.08. The van der Waals surface area contributed by atoms with Crippen LogP contribution in [0.2, 0.25) is 0 Å². The number of nitrogens with one attached hydrogen (secondary N) is 1. The molecule has 0 fully saturated rings. The van der Waals surface area contributed by atoms with Crippen molar-refractivity contribution in [2.75, 3.05) is 11.9 Å². The SMILES string of the molecule is CCNc1nc2cccc[n+]2s1.[Cl-]. The normalized spacial score (nSPS) is 9.62. The Morgan fingerprint density at radius 3 is 3.08 bits per heavy atom. The van der Waals surface area contributed by atoms with Crippen LogP contribution in [0.1, 0.15) is 6.92 Å². The van der Waals surface area contributed by atoms with Crippen molar-refractivity contribution in [1.29, 1.82) is 0 Å². The van der Waals surface area contributed by atoms with Gasteiger partial charge in [0.15, 0.2) is 0 Å². The summed E-state index contributed by atoms with van der Waals surface area (Å²) in [7, 11) is 0. The van der Waals surface area contributed by atoms with Crippen LogP contribution in [0.3, 0.4) is 0 Å². The van der Waals surface area contributed by atoms with Gasteiger partial charge in [-0.1, -0.05) is 6.07 Å². The molecule has 2 rings (SSSR count). The van der Waals surface area contributed by atoms with Crippen LogP contribution in [0.25, 0.3) is 5.65 Å². The van der Waals surface area contributed by atoms with Crippen LogP contribution in [-0.2, 0) is 0 Å². The molecule has 5 heteroatoms. The highest BCUT2D eigenvalue weighted by atomic mass is 35.5. The Morgan fingerprint density at radius 1 is 1.54 bits per heavy atom. The first kappa shape index (κ1) is 10.2. The van der Waals surface area contributed by atoms with Crippen LogP contribution in [0.15, 0.2) is 24.4 Å². The summed E-state index contributed by atoms with van der Waals surface area (Å²) in [5.41, 5.74) is 0.999. The van der Waals surface area contributed by atoms with E-state index in [1.807, 2.05) is 28.2 Å². The molecule has 2 aromatic rings. The fourth-order valence-electron chi connectivity index (χ4n) is 1.02. The predicted molar refractivity (Wildman–Crippen MR) is 49.4 cm³/mol. The van der Waals surface area contributed by atoms with Crippen LogP contribution in [0, 0.1) is 0 Å². The lowest BCUT2D eigenvalue weighted by Crippen LogP contribution is -3.00. The van der Waals surface area contributed by atoms with E-state index in [9.17, 15) is 0 Å². The van der Waals surface area contributed by atoms with Gasteiger partial charge in [-0.2, -0.15) is 0 Å². The van der Waals surface area contributed by atoms with Gasteiger partial charge >= 0.3 is 10.8 Å². The molecular formula is C8H10ClN3S. The quantitative estimate of drug-likeness (QED) is 0.607. The van der Waals surface area contributed by atoms with Crippen molar-refractivity contribution in [3.8, 4) is 0 Å². The Hall–Kier alpha value is -0.870. The van der Waals surface area contributed by atoms with Crippen LogP contribution >= 0.6 is 11.5 Å². The molecule has 2 heterocycles. The summed E-state index contributed by atoms with van der Waals surface area (Å²) in [6, 6.07) is 5.99. The second kappa shape index (κ2) is 4.39. The minimum atomic E-state index is 0. The molecule has 1 N–H and O–H groups in total. The second-order valence-corrected chi connectivity index (χ2v) is 3.39. The zero-order chi connectivity index (χ0) is 8.39. The van der Waals surface area contributed by atoms with Crippen molar-refractivity contribution in [1.82, 2.24) is 4.98 Å². The van der Waals surface area contributed by atoms with Crippen molar-refractivity contribution >= 4 is 22.3 Å². The Kier molecular flexibility index (Phi) is 3.45. The van der Waals surface area contributed by atoms with Crippen molar-refractivity contribution in [2.24, 2.45) is 0 Å². The van der Waals surface area contributed by atoms with E-state index in [4.69, 9.17) is 0 Å². The molecule has 0 atom stereocenters. The lowest BCUT2D eigenvalue weighted by Gasteiger charge is -1.84. The van der Waals surface area contributed by atoms with Gasteiger partial charge in [-0.15, -0.1) is 3.79 Å². The molecule has 0 bridgehead atoms. The maximum atomic E-state index is 4.37. The van der Waals surface area contributed by atoms with E-state index < -0.39 is 0 Å². The van der Waals surface area contributed by atoms with E-state index >= 15 is 0 Å². The van der Waals surface area contributed by atoms with E-state index in [1.54, 1.807) is 11.5 Å². The van der Waals surface area contributed by atoms with Crippen molar-refractivity contribution in [3.05, 3.63) is 24.4 Å². The maximum absolute atomic E-state index is 4.37. The number of aromatic nitrogens is 2. The molecule has 3 nitrogen and oxygen atoms in total. The molecule has 0 saturated carbocycles. The summed E-state index contributed by atoms with van der Waals surface area (Å²) in [5, 5.41) is 4.16. The van der Waals surface area contributed by atoms with Gasteiger partial charge in [0.2, 0.25) is 0 Å². The van der Waals surface area contributed by atoms with Crippen LogP contribution in [0.4, 0.5) is 5.13 Å². The Labute approximate surface area is 87.0 Å². The minimum absolute atomic E-state index is 0. The number of pyridine rings is 1. The molecule has 13 heavy (non-hydrogen) atoms. The van der Waals surface area contributed by atoms with E-state index in [-0.39, 0.29) is 12.4 Å². The molecule has 2 aromatic heterocycles. The summed E-state index contributed by atoms with van der Waals surface area (Å²) in [6.07, 6.45) is 2.01. The standard InChI is InChI=1S/C8H9N3S.ClH/c1-2-9-8-10-7-5-3-4-6-11(7)12-8;/h3-6H,2H2,1H3;1H. The first-order valence-corrected chi connectivity index (χ1v) is 4.69. The summed E-state index contributed by atoms with van der Waals surface area (Å²) >= 11 is 1.62. The predicted octanol–water partition coefficient (Wildman–Crippen LogP) is -1.68. The zero-order valence-corrected chi connectivity index (χ0v) is 8.77. The van der Waals surface area contributed by atoms with E-state index in [1.165, 1.54) is 0 Å². The average molecular weight is 216 g/mol. The van der Waals surface area contributed by atoms with Gasteiger partial charge < -0.3 is 17.7 Å². The third kappa shape index (κ3) is 2.08. The Bertz CT molecular complexity index is 355. The summed E-state index contributed by atoms with van der Waals surface area (Å²) in [6.45, 7) is 2.98. The van der Waals surface area contributed by atoms with Crippen LogP contribution < -0.4 is 21.5 Å². The third-order valence-electron chi connectivity index (χ3n) is 1.53. The molecule has 0 spiro atoms. The van der Waals surface area contributed by atoms with Gasteiger partial charge in [0.25, 0.3) is 0 Å². The molecule has 0 amide bonds. The average Bonchev–Trinajstić information content (AvgIpc) is 2.47. The summed E-state index contributed by atoms with van der Waals surface area (Å²) in [4.78, 5) is 4.37. The van der Waals surface area contributed by atoms with Gasteiger partial charge in [-0.25, -0.2) is 0 Å². The van der Waals surface area contributed by atoms with Crippen LogP contribution in [0.5, 0.6) is 0 Å². The lowest BCUT2D eigenvalue weighted by atomic mass is 10.5. The smallest absolute Gasteiger partial charge is 0.342 e. The topological polar surface area (TPSA) is 29.0 Å². The molecule has 0 aliphatic carbocycles. The zero-order valence-electron chi connectivity index (χ0n) is 7.20. The van der Waals surface area contributed by atoms with Crippen LogP contribution in [-0.4, -0.2) is 11.5 Å². The Morgan fingerprint density at radius 2 is 2.38 bits per heavy atom. The number of halogens is 1. The minimum Gasteiger partial charge on any atom is -1.00 e. The van der Waals surface area contributed by atoms with Crippen molar-refractivity contribution in [2.45, 2.75) is 6.92 Å². The highest BCUT2D eigenvalue weighted by molar-refractivity contribution is 7.06. The van der Waals surface area contributed by atoms with Crippen molar-refractivity contribution in [3.63, 3.8) is 0 Å². The molecule has 0 aliphatic heterocycles. The van der Waals surface area contributed by atoms with E-state index in [0.717, 1.165) is 17.3 Å². The molecule has 0 saturated heterocycles. The van der Waals surface area contributed by atoms with E-state index in [0.29, 0.717) is 0 Å². The van der Waals surface area contributed by atoms with Gasteiger partial charge in [0, 0.05) is 12.6 Å². The lowest BCUT2D eigenvalue weighted by molar-refractivity contribution is -0.433. The highest BCUT2D eigenvalue weighted by Gasteiger charge is 2.10. The van der Waals surface area contributed by atoms with Gasteiger partial charge in [-0.05, 0) is 18.0 Å². The summed E-state index contributed by atoms with van der Waals surface area (Å²) in [5.74, 6) is 0. The number of nitrogens with zero attached hydrogens (tertiary/aromatic N) is 2. The van der Waals surface area contributed by atoms with Gasteiger partial charge in [0.05, 0.1) is 0 Å². The molecule has 0 unspecified atom stereocenters. The first-order valence-electron chi connectivity index (χ1n) is 3.92. The molecular weight excluding hydrogens is 206 g/mol. The van der Waals surface area contributed by atoms with Crippen molar-refractivity contribution < 1.29 is 16.2 Å². The number of anilines is 1. The number of rotatable bonds is 2. The van der Waals surface area contributed by atoms with Gasteiger partial charge in [0.1, 0.15) is 17.7 Å². The number of fused-ring (bicyclic) bond motifs is 1. The monoisotopic (exact) mass is 215 g/mol. The summed E-state index contributed by atoms with van der Waals surface area (Å²) < 4.78 is 2.04. The second-order valence-electron chi connectivity index (χ2n) is 2.42. The molecule has 70 valence electrons. The molecule has 0 aromatic carbocycles. The fraction of sp³-hybridized carbons (Fsp3) is 0.250. The largest absolute Gasteiger partial charge is 1.00 e.